The fourth-order valence-corrected chi connectivity index (χ4v) is 3.28. The zero-order valence-corrected chi connectivity index (χ0v) is 15.5. The third-order valence-corrected chi connectivity index (χ3v) is 5.19. The molecule has 8 heteroatoms. The summed E-state index contributed by atoms with van der Waals surface area (Å²) in [6, 6.07) is 13.1. The number of rotatable bonds is 7. The van der Waals surface area contributed by atoms with Gasteiger partial charge in [-0.15, -0.1) is 11.8 Å². The molecule has 0 saturated heterocycles. The summed E-state index contributed by atoms with van der Waals surface area (Å²) in [5, 5.41) is 16.0. The molecule has 2 amide bonds. The van der Waals surface area contributed by atoms with Gasteiger partial charge in [0.1, 0.15) is 0 Å². The van der Waals surface area contributed by atoms with Crippen molar-refractivity contribution in [1.82, 2.24) is 0 Å². The van der Waals surface area contributed by atoms with Gasteiger partial charge in [0.05, 0.1) is 10.2 Å². The highest BCUT2D eigenvalue weighted by atomic mass is 32.2. The predicted molar refractivity (Wildman–Crippen MR) is 105 cm³/mol. The van der Waals surface area contributed by atoms with E-state index in [4.69, 9.17) is 0 Å². The van der Waals surface area contributed by atoms with Gasteiger partial charge < -0.3 is 10.6 Å². The van der Waals surface area contributed by atoms with Crippen molar-refractivity contribution >= 4 is 40.6 Å². The largest absolute Gasteiger partial charge is 0.326 e. The molecule has 1 saturated carbocycles. The highest BCUT2D eigenvalue weighted by Gasteiger charge is 2.29. The summed E-state index contributed by atoms with van der Waals surface area (Å²) in [4.78, 5) is 35.3. The first-order chi connectivity index (χ1) is 12.9. The minimum atomic E-state index is -0.459. The molecule has 1 unspecified atom stereocenters. The van der Waals surface area contributed by atoms with Crippen LogP contribution in [-0.4, -0.2) is 22.0 Å². The standard InChI is InChI=1S/C19H19N3O4S/c1-12(27-17-9-7-16(8-10-17)22(25)26)18(23)20-14-3-2-4-15(11-14)21-19(24)13-5-6-13/h2-4,7-13H,5-6H2,1H3,(H,20,23)(H,21,24). The van der Waals surface area contributed by atoms with Crippen molar-refractivity contribution in [3.63, 3.8) is 0 Å². The third-order valence-electron chi connectivity index (χ3n) is 4.08. The molecule has 2 N–H and O–H groups in total. The van der Waals surface area contributed by atoms with Crippen LogP contribution < -0.4 is 10.6 Å². The lowest BCUT2D eigenvalue weighted by Gasteiger charge is -2.13. The lowest BCUT2D eigenvalue weighted by atomic mass is 10.2. The van der Waals surface area contributed by atoms with Crippen LogP contribution in [0.4, 0.5) is 17.1 Å². The molecule has 3 rings (SSSR count). The van der Waals surface area contributed by atoms with Gasteiger partial charge in [0.25, 0.3) is 5.69 Å². The molecule has 0 aliphatic heterocycles. The Morgan fingerprint density at radius 2 is 1.74 bits per heavy atom. The van der Waals surface area contributed by atoms with Crippen LogP contribution in [-0.2, 0) is 9.59 Å². The van der Waals surface area contributed by atoms with Crippen LogP contribution in [0.3, 0.4) is 0 Å². The molecule has 1 aliphatic rings. The number of hydrogen-bond donors (Lipinski definition) is 2. The smallest absolute Gasteiger partial charge is 0.269 e. The van der Waals surface area contributed by atoms with E-state index in [9.17, 15) is 19.7 Å². The molecule has 27 heavy (non-hydrogen) atoms. The minimum absolute atomic E-state index is 0.0144. The maximum Gasteiger partial charge on any atom is 0.269 e. The van der Waals surface area contributed by atoms with Crippen molar-refractivity contribution in [3.05, 3.63) is 58.6 Å². The zero-order valence-electron chi connectivity index (χ0n) is 14.7. The molecule has 0 radical (unpaired) electrons. The van der Waals surface area contributed by atoms with E-state index in [1.807, 2.05) is 0 Å². The van der Waals surface area contributed by atoms with E-state index in [1.165, 1.54) is 23.9 Å². The van der Waals surface area contributed by atoms with Crippen molar-refractivity contribution in [3.8, 4) is 0 Å². The fraction of sp³-hybridized carbons (Fsp3) is 0.263. The highest BCUT2D eigenvalue weighted by molar-refractivity contribution is 8.00. The maximum absolute atomic E-state index is 12.4. The van der Waals surface area contributed by atoms with Gasteiger partial charge in [-0.05, 0) is 50.1 Å². The number of carbonyl (C=O) groups excluding carboxylic acids is 2. The first-order valence-corrected chi connectivity index (χ1v) is 9.43. The summed E-state index contributed by atoms with van der Waals surface area (Å²) in [6.07, 6.45) is 1.86. The molecule has 2 aromatic carbocycles. The molecule has 140 valence electrons. The molecular formula is C19H19N3O4S. The van der Waals surface area contributed by atoms with Gasteiger partial charge in [-0.3, -0.25) is 19.7 Å². The van der Waals surface area contributed by atoms with Crippen molar-refractivity contribution in [1.29, 1.82) is 0 Å². The number of nitro groups is 1. The minimum Gasteiger partial charge on any atom is -0.326 e. The van der Waals surface area contributed by atoms with Gasteiger partial charge in [0, 0.05) is 34.3 Å². The van der Waals surface area contributed by atoms with Crippen LogP contribution in [0.2, 0.25) is 0 Å². The van der Waals surface area contributed by atoms with E-state index < -0.39 is 10.2 Å². The summed E-state index contributed by atoms with van der Waals surface area (Å²) < 4.78 is 0. The lowest BCUT2D eigenvalue weighted by molar-refractivity contribution is -0.384. The number of hydrogen-bond acceptors (Lipinski definition) is 5. The van der Waals surface area contributed by atoms with Gasteiger partial charge in [-0.25, -0.2) is 0 Å². The second-order valence-corrected chi connectivity index (χ2v) is 7.76. The average molecular weight is 385 g/mol. The second-order valence-electron chi connectivity index (χ2n) is 6.34. The van der Waals surface area contributed by atoms with Crippen LogP contribution >= 0.6 is 11.8 Å². The van der Waals surface area contributed by atoms with E-state index in [-0.39, 0.29) is 23.4 Å². The van der Waals surface area contributed by atoms with Crippen molar-refractivity contribution in [2.45, 2.75) is 29.9 Å². The van der Waals surface area contributed by atoms with Crippen molar-refractivity contribution < 1.29 is 14.5 Å². The lowest BCUT2D eigenvalue weighted by Crippen LogP contribution is -2.22. The normalized spacial score (nSPS) is 14.3. The molecule has 0 aromatic heterocycles. The number of carbonyl (C=O) groups is 2. The Balaban J connectivity index is 1.57. The van der Waals surface area contributed by atoms with Gasteiger partial charge in [0.15, 0.2) is 0 Å². The molecule has 1 aliphatic carbocycles. The topological polar surface area (TPSA) is 101 Å². The molecule has 0 heterocycles. The molecule has 1 atom stereocenters. The molecule has 0 bridgehead atoms. The van der Waals surface area contributed by atoms with Crippen molar-refractivity contribution in [2.24, 2.45) is 5.92 Å². The number of benzene rings is 2. The second kappa shape index (κ2) is 8.22. The van der Waals surface area contributed by atoms with Crippen LogP contribution in [0.5, 0.6) is 0 Å². The summed E-state index contributed by atoms with van der Waals surface area (Å²) in [6.45, 7) is 1.76. The number of nitro benzene ring substituents is 1. The Morgan fingerprint density at radius 3 is 2.33 bits per heavy atom. The first-order valence-electron chi connectivity index (χ1n) is 8.55. The Hall–Kier alpha value is -2.87. The van der Waals surface area contributed by atoms with Gasteiger partial charge in [0.2, 0.25) is 11.8 Å². The average Bonchev–Trinajstić information content (AvgIpc) is 3.47. The van der Waals surface area contributed by atoms with Crippen LogP contribution in [0, 0.1) is 16.0 Å². The molecule has 2 aromatic rings. The van der Waals surface area contributed by atoms with Crippen LogP contribution in [0.1, 0.15) is 19.8 Å². The summed E-state index contributed by atoms with van der Waals surface area (Å²) in [7, 11) is 0. The van der Waals surface area contributed by atoms with Crippen molar-refractivity contribution in [2.75, 3.05) is 10.6 Å². The maximum atomic E-state index is 12.4. The van der Waals surface area contributed by atoms with E-state index in [2.05, 4.69) is 10.6 Å². The Bertz CT molecular complexity index is 866. The van der Waals surface area contributed by atoms with Gasteiger partial charge >= 0.3 is 0 Å². The zero-order chi connectivity index (χ0) is 19.4. The third kappa shape index (κ3) is 5.30. The van der Waals surface area contributed by atoms with E-state index in [1.54, 1.807) is 43.3 Å². The Labute approximate surface area is 160 Å². The quantitative estimate of drug-likeness (QED) is 0.425. The van der Waals surface area contributed by atoms with E-state index in [0.29, 0.717) is 11.4 Å². The number of non-ortho nitro benzene ring substituents is 1. The van der Waals surface area contributed by atoms with Gasteiger partial charge in [-0.2, -0.15) is 0 Å². The van der Waals surface area contributed by atoms with Gasteiger partial charge in [-0.1, -0.05) is 6.07 Å². The number of nitrogens with one attached hydrogen (secondary N) is 2. The Morgan fingerprint density at radius 1 is 1.11 bits per heavy atom. The summed E-state index contributed by atoms with van der Waals surface area (Å²) in [5.74, 6) is -0.0639. The SMILES string of the molecule is CC(Sc1ccc([N+](=O)[O-])cc1)C(=O)Nc1cccc(NC(=O)C2CC2)c1. The fourth-order valence-electron chi connectivity index (χ4n) is 2.41. The van der Waals surface area contributed by atoms with E-state index in [0.717, 1.165) is 17.7 Å². The molecule has 0 spiro atoms. The summed E-state index contributed by atoms with van der Waals surface area (Å²) >= 11 is 1.31. The number of amides is 2. The summed E-state index contributed by atoms with van der Waals surface area (Å²) in [5.41, 5.74) is 1.27. The Kier molecular flexibility index (Phi) is 5.75. The first kappa shape index (κ1) is 18.9. The number of nitrogens with zero attached hydrogens (tertiary/aromatic N) is 1. The van der Waals surface area contributed by atoms with E-state index >= 15 is 0 Å². The number of anilines is 2. The van der Waals surface area contributed by atoms with Crippen LogP contribution in [0.25, 0.3) is 0 Å². The number of thioether (sulfide) groups is 1. The highest BCUT2D eigenvalue weighted by Crippen LogP contribution is 2.30. The molecule has 7 nitrogen and oxygen atoms in total. The monoisotopic (exact) mass is 385 g/mol. The predicted octanol–water partition coefficient (Wildman–Crippen LogP) is 4.06. The molecular weight excluding hydrogens is 366 g/mol. The molecule has 1 fully saturated rings. The van der Waals surface area contributed by atoms with Crippen LogP contribution in [0.15, 0.2) is 53.4 Å².